The third kappa shape index (κ3) is 4.20. The van der Waals surface area contributed by atoms with E-state index >= 15 is 0 Å². The Hall–Kier alpha value is -1.60. The number of hydrogen-bond donors (Lipinski definition) is 0. The van der Waals surface area contributed by atoms with Crippen molar-refractivity contribution in [3.63, 3.8) is 0 Å². The molecule has 0 aliphatic rings. The molecule has 22 heavy (non-hydrogen) atoms. The Morgan fingerprint density at radius 2 is 1.73 bits per heavy atom. The van der Waals surface area contributed by atoms with E-state index in [1.165, 1.54) is 29.5 Å². The minimum atomic E-state index is -0.223. The zero-order chi connectivity index (χ0) is 16.0. The van der Waals surface area contributed by atoms with Crippen LogP contribution in [0.15, 0.2) is 54.6 Å². The van der Waals surface area contributed by atoms with Crippen LogP contribution in [0.1, 0.15) is 56.2 Å². The molecule has 1 nitrogen and oxygen atoms in total. The lowest BCUT2D eigenvalue weighted by atomic mass is 9.89. The van der Waals surface area contributed by atoms with Gasteiger partial charge in [0, 0.05) is 7.11 Å². The summed E-state index contributed by atoms with van der Waals surface area (Å²) in [6, 6.07) is 19.7. The van der Waals surface area contributed by atoms with Crippen LogP contribution in [0.25, 0.3) is 0 Å². The first-order valence-electron chi connectivity index (χ1n) is 8.26. The molecular formula is C21H28O. The predicted molar refractivity (Wildman–Crippen MR) is 94.3 cm³/mol. The molecule has 1 atom stereocenters. The number of benzene rings is 2. The number of aryl methyl sites for hydroxylation is 1. The van der Waals surface area contributed by atoms with Gasteiger partial charge in [-0.2, -0.15) is 0 Å². The Labute approximate surface area is 135 Å². The second kappa shape index (κ2) is 7.60. The summed E-state index contributed by atoms with van der Waals surface area (Å²) in [6.07, 6.45) is 3.49. The van der Waals surface area contributed by atoms with E-state index in [1.54, 1.807) is 7.11 Å². The lowest BCUT2D eigenvalue weighted by molar-refractivity contribution is 0.0191. The van der Waals surface area contributed by atoms with E-state index in [-0.39, 0.29) is 5.60 Å². The van der Waals surface area contributed by atoms with Crippen molar-refractivity contribution in [3.8, 4) is 0 Å². The molecular weight excluding hydrogens is 268 g/mol. The highest BCUT2D eigenvalue weighted by Gasteiger charge is 2.19. The molecule has 2 aromatic carbocycles. The smallest absolute Gasteiger partial charge is 0.0871 e. The predicted octanol–water partition coefficient (Wildman–Crippen LogP) is 5.69. The fourth-order valence-corrected chi connectivity index (χ4v) is 2.89. The molecule has 0 aliphatic carbocycles. The summed E-state index contributed by atoms with van der Waals surface area (Å²) in [5, 5.41) is 0. The maximum absolute atomic E-state index is 5.59. The van der Waals surface area contributed by atoms with Gasteiger partial charge in [0.05, 0.1) is 5.60 Å². The molecule has 0 fully saturated rings. The van der Waals surface area contributed by atoms with Gasteiger partial charge in [-0.15, -0.1) is 0 Å². The molecule has 0 N–H and O–H groups in total. The van der Waals surface area contributed by atoms with Gasteiger partial charge in [-0.1, -0.05) is 61.5 Å². The first-order valence-corrected chi connectivity index (χ1v) is 8.26. The van der Waals surface area contributed by atoms with Crippen molar-refractivity contribution in [2.24, 2.45) is 0 Å². The van der Waals surface area contributed by atoms with E-state index in [0.717, 1.165) is 6.42 Å². The zero-order valence-corrected chi connectivity index (χ0v) is 14.3. The van der Waals surface area contributed by atoms with Gasteiger partial charge in [-0.25, -0.2) is 0 Å². The third-order valence-electron chi connectivity index (χ3n) is 4.68. The summed E-state index contributed by atoms with van der Waals surface area (Å²) in [4.78, 5) is 0. The average Bonchev–Trinajstić information content (AvgIpc) is 2.57. The average molecular weight is 296 g/mol. The SMILES string of the molecule is CCC(CCc1cccc(C(C)(C)OC)c1)c1ccccc1. The molecule has 0 radical (unpaired) electrons. The van der Waals surface area contributed by atoms with Gasteiger partial charge in [0.1, 0.15) is 0 Å². The quantitative estimate of drug-likeness (QED) is 0.637. The van der Waals surface area contributed by atoms with Crippen LogP contribution in [0.5, 0.6) is 0 Å². The van der Waals surface area contributed by atoms with Crippen molar-refractivity contribution >= 4 is 0 Å². The fourth-order valence-electron chi connectivity index (χ4n) is 2.89. The summed E-state index contributed by atoms with van der Waals surface area (Å²) >= 11 is 0. The second-order valence-corrected chi connectivity index (χ2v) is 6.47. The summed E-state index contributed by atoms with van der Waals surface area (Å²) in [6.45, 7) is 6.51. The highest BCUT2D eigenvalue weighted by Crippen LogP contribution is 2.27. The normalized spacial score (nSPS) is 13.1. The lowest BCUT2D eigenvalue weighted by Gasteiger charge is -2.24. The Morgan fingerprint density at radius 3 is 2.36 bits per heavy atom. The molecule has 118 valence electrons. The number of rotatable bonds is 7. The standard InChI is InChI=1S/C21H28O/c1-5-18(19-11-7-6-8-12-19)15-14-17-10-9-13-20(16-17)21(2,3)22-4/h6-13,16,18H,5,14-15H2,1-4H3. The molecule has 0 saturated carbocycles. The first-order chi connectivity index (χ1) is 10.6. The molecule has 0 aliphatic heterocycles. The van der Waals surface area contributed by atoms with Crippen molar-refractivity contribution in [3.05, 3.63) is 71.3 Å². The van der Waals surface area contributed by atoms with Crippen LogP contribution in [0.2, 0.25) is 0 Å². The van der Waals surface area contributed by atoms with Crippen LogP contribution in [-0.2, 0) is 16.8 Å². The maximum Gasteiger partial charge on any atom is 0.0871 e. The third-order valence-corrected chi connectivity index (χ3v) is 4.68. The molecule has 0 saturated heterocycles. The number of methoxy groups -OCH3 is 1. The van der Waals surface area contributed by atoms with Crippen LogP contribution in [0, 0.1) is 0 Å². The lowest BCUT2D eigenvalue weighted by Crippen LogP contribution is -2.19. The van der Waals surface area contributed by atoms with Crippen LogP contribution >= 0.6 is 0 Å². The Morgan fingerprint density at radius 1 is 1.00 bits per heavy atom. The largest absolute Gasteiger partial charge is 0.374 e. The molecule has 2 aromatic rings. The van der Waals surface area contributed by atoms with Gasteiger partial charge < -0.3 is 4.74 Å². The van der Waals surface area contributed by atoms with Crippen LogP contribution < -0.4 is 0 Å². The van der Waals surface area contributed by atoms with E-state index in [1.807, 2.05) is 0 Å². The van der Waals surface area contributed by atoms with Gasteiger partial charge >= 0.3 is 0 Å². The highest BCUT2D eigenvalue weighted by atomic mass is 16.5. The van der Waals surface area contributed by atoms with Crippen molar-refractivity contribution in [1.29, 1.82) is 0 Å². The summed E-state index contributed by atoms with van der Waals surface area (Å²) in [7, 11) is 1.77. The molecule has 0 bridgehead atoms. The van der Waals surface area contributed by atoms with E-state index in [9.17, 15) is 0 Å². The van der Waals surface area contributed by atoms with Gasteiger partial charge in [0.2, 0.25) is 0 Å². The monoisotopic (exact) mass is 296 g/mol. The zero-order valence-electron chi connectivity index (χ0n) is 14.3. The van der Waals surface area contributed by atoms with Gasteiger partial charge in [-0.05, 0) is 55.7 Å². The Balaban J connectivity index is 2.06. The summed E-state index contributed by atoms with van der Waals surface area (Å²) in [5.41, 5.74) is 3.88. The molecule has 0 spiro atoms. The van der Waals surface area contributed by atoms with Crippen LogP contribution in [0.3, 0.4) is 0 Å². The molecule has 1 unspecified atom stereocenters. The topological polar surface area (TPSA) is 9.23 Å². The number of ether oxygens (including phenoxy) is 1. The number of hydrogen-bond acceptors (Lipinski definition) is 1. The van der Waals surface area contributed by atoms with E-state index in [2.05, 4.69) is 75.4 Å². The molecule has 0 amide bonds. The highest BCUT2D eigenvalue weighted by molar-refractivity contribution is 5.28. The first kappa shape index (κ1) is 16.8. The van der Waals surface area contributed by atoms with E-state index in [0.29, 0.717) is 5.92 Å². The molecule has 0 heterocycles. The van der Waals surface area contributed by atoms with Crippen molar-refractivity contribution in [1.82, 2.24) is 0 Å². The minimum absolute atomic E-state index is 0.223. The van der Waals surface area contributed by atoms with Gasteiger partial charge in [0.25, 0.3) is 0 Å². The Kier molecular flexibility index (Phi) is 5.79. The Bertz CT molecular complexity index is 571. The van der Waals surface area contributed by atoms with Gasteiger partial charge in [0.15, 0.2) is 0 Å². The van der Waals surface area contributed by atoms with Crippen LogP contribution in [0.4, 0.5) is 0 Å². The van der Waals surface area contributed by atoms with Crippen molar-refractivity contribution in [2.75, 3.05) is 7.11 Å². The van der Waals surface area contributed by atoms with Gasteiger partial charge in [-0.3, -0.25) is 0 Å². The van der Waals surface area contributed by atoms with Crippen molar-refractivity contribution in [2.45, 2.75) is 51.6 Å². The van der Waals surface area contributed by atoms with Crippen molar-refractivity contribution < 1.29 is 4.74 Å². The van der Waals surface area contributed by atoms with E-state index in [4.69, 9.17) is 4.74 Å². The maximum atomic E-state index is 5.59. The summed E-state index contributed by atoms with van der Waals surface area (Å²) in [5.74, 6) is 0.639. The fraction of sp³-hybridized carbons (Fsp3) is 0.429. The van der Waals surface area contributed by atoms with Crippen LogP contribution in [-0.4, -0.2) is 7.11 Å². The van der Waals surface area contributed by atoms with E-state index < -0.39 is 0 Å². The summed E-state index contributed by atoms with van der Waals surface area (Å²) < 4.78 is 5.59. The molecule has 0 aromatic heterocycles. The molecule has 1 heteroatoms. The second-order valence-electron chi connectivity index (χ2n) is 6.47. The molecule has 2 rings (SSSR count). The minimum Gasteiger partial charge on any atom is -0.374 e.